The van der Waals surface area contributed by atoms with Crippen LogP contribution in [-0.2, 0) is 17.9 Å². The fraction of sp³-hybridized carbons (Fsp3) is 0.562. The molecule has 0 atom stereocenters. The van der Waals surface area contributed by atoms with E-state index in [4.69, 9.17) is 5.73 Å². The van der Waals surface area contributed by atoms with E-state index in [1.54, 1.807) is 0 Å². The molecule has 0 heterocycles. The fourth-order valence-electron chi connectivity index (χ4n) is 2.23. The van der Waals surface area contributed by atoms with Crippen molar-refractivity contribution in [1.82, 2.24) is 5.32 Å². The third kappa shape index (κ3) is 5.43. The van der Waals surface area contributed by atoms with Crippen molar-refractivity contribution < 1.29 is 4.79 Å². The Labute approximate surface area is 116 Å². The monoisotopic (exact) mass is 262 g/mol. The quantitative estimate of drug-likeness (QED) is 0.756. The van der Waals surface area contributed by atoms with E-state index < -0.39 is 0 Å². The average molecular weight is 262 g/mol. The van der Waals surface area contributed by atoms with Gasteiger partial charge in [-0.1, -0.05) is 51.0 Å². The molecule has 3 heteroatoms. The lowest BCUT2D eigenvalue weighted by atomic mass is 9.97. The second-order valence-electron chi connectivity index (χ2n) is 5.01. The number of hydrogen-bond acceptors (Lipinski definition) is 2. The van der Waals surface area contributed by atoms with Crippen LogP contribution in [0, 0.1) is 5.92 Å². The van der Waals surface area contributed by atoms with E-state index >= 15 is 0 Å². The van der Waals surface area contributed by atoms with E-state index in [1.807, 2.05) is 24.3 Å². The molecule has 0 bridgehead atoms. The summed E-state index contributed by atoms with van der Waals surface area (Å²) in [5.41, 5.74) is 7.80. The molecule has 1 aromatic carbocycles. The zero-order valence-electron chi connectivity index (χ0n) is 12.1. The van der Waals surface area contributed by atoms with Crippen molar-refractivity contribution in [1.29, 1.82) is 0 Å². The van der Waals surface area contributed by atoms with E-state index in [0.29, 0.717) is 13.1 Å². The lowest BCUT2D eigenvalue weighted by Crippen LogP contribution is -2.30. The highest BCUT2D eigenvalue weighted by Crippen LogP contribution is 2.14. The fourth-order valence-corrected chi connectivity index (χ4v) is 2.23. The van der Waals surface area contributed by atoms with Crippen LogP contribution >= 0.6 is 0 Å². The van der Waals surface area contributed by atoms with Gasteiger partial charge in [-0.25, -0.2) is 0 Å². The molecule has 1 amide bonds. The van der Waals surface area contributed by atoms with Crippen LogP contribution in [0.15, 0.2) is 24.3 Å². The lowest BCUT2D eigenvalue weighted by Gasteiger charge is -2.15. The van der Waals surface area contributed by atoms with Gasteiger partial charge in [0.2, 0.25) is 5.91 Å². The van der Waals surface area contributed by atoms with E-state index in [9.17, 15) is 4.79 Å². The number of rotatable bonds is 8. The highest BCUT2D eigenvalue weighted by molar-refractivity contribution is 5.78. The molecule has 1 rings (SSSR count). The molecule has 0 saturated heterocycles. The Hall–Kier alpha value is -1.35. The first-order valence-electron chi connectivity index (χ1n) is 7.26. The SMILES string of the molecule is CCCC(CCC)C(=O)NCc1ccc(CN)cc1. The van der Waals surface area contributed by atoms with Gasteiger partial charge in [-0.2, -0.15) is 0 Å². The highest BCUT2D eigenvalue weighted by Gasteiger charge is 2.15. The van der Waals surface area contributed by atoms with Crippen molar-refractivity contribution in [2.75, 3.05) is 0 Å². The minimum absolute atomic E-state index is 0.165. The average Bonchev–Trinajstić information content (AvgIpc) is 2.45. The Morgan fingerprint density at radius 1 is 1.11 bits per heavy atom. The first-order chi connectivity index (χ1) is 9.21. The summed E-state index contributed by atoms with van der Waals surface area (Å²) in [4.78, 5) is 12.1. The lowest BCUT2D eigenvalue weighted by molar-refractivity contribution is -0.125. The van der Waals surface area contributed by atoms with Crippen LogP contribution in [0.1, 0.15) is 50.7 Å². The molecule has 0 unspecified atom stereocenters. The third-order valence-electron chi connectivity index (χ3n) is 3.37. The van der Waals surface area contributed by atoms with Crippen LogP contribution in [0.3, 0.4) is 0 Å². The molecule has 3 nitrogen and oxygen atoms in total. The Morgan fingerprint density at radius 3 is 2.11 bits per heavy atom. The largest absolute Gasteiger partial charge is 0.352 e. The molecule has 0 fully saturated rings. The summed E-state index contributed by atoms with van der Waals surface area (Å²) < 4.78 is 0. The van der Waals surface area contributed by atoms with Gasteiger partial charge in [0.15, 0.2) is 0 Å². The van der Waals surface area contributed by atoms with Crippen LogP contribution in [0.5, 0.6) is 0 Å². The molecule has 0 aliphatic rings. The van der Waals surface area contributed by atoms with E-state index in [2.05, 4.69) is 19.2 Å². The van der Waals surface area contributed by atoms with E-state index in [1.165, 1.54) is 0 Å². The number of carbonyl (C=O) groups excluding carboxylic acids is 1. The summed E-state index contributed by atoms with van der Waals surface area (Å²) in [6, 6.07) is 8.07. The maximum atomic E-state index is 12.1. The number of carbonyl (C=O) groups is 1. The van der Waals surface area contributed by atoms with Gasteiger partial charge in [0.1, 0.15) is 0 Å². The van der Waals surface area contributed by atoms with Gasteiger partial charge in [-0.05, 0) is 24.0 Å². The number of hydrogen-bond donors (Lipinski definition) is 2. The zero-order valence-corrected chi connectivity index (χ0v) is 12.1. The maximum Gasteiger partial charge on any atom is 0.223 e. The van der Waals surface area contributed by atoms with Gasteiger partial charge in [0.05, 0.1) is 0 Å². The predicted molar refractivity (Wildman–Crippen MR) is 79.5 cm³/mol. The Bertz CT molecular complexity index is 367. The van der Waals surface area contributed by atoms with Gasteiger partial charge in [-0.3, -0.25) is 4.79 Å². The van der Waals surface area contributed by atoms with Crippen LogP contribution < -0.4 is 11.1 Å². The number of nitrogens with one attached hydrogen (secondary N) is 1. The van der Waals surface area contributed by atoms with E-state index in [-0.39, 0.29) is 11.8 Å². The molecule has 0 saturated carbocycles. The third-order valence-corrected chi connectivity index (χ3v) is 3.37. The molecule has 1 aromatic rings. The minimum atomic E-state index is 0.165. The molecule has 3 N–H and O–H groups in total. The molecule has 0 aliphatic heterocycles. The molecule has 0 spiro atoms. The van der Waals surface area contributed by atoms with Crippen LogP contribution in [0.4, 0.5) is 0 Å². The zero-order chi connectivity index (χ0) is 14.1. The molecule has 19 heavy (non-hydrogen) atoms. The minimum Gasteiger partial charge on any atom is -0.352 e. The van der Waals surface area contributed by atoms with Gasteiger partial charge in [-0.15, -0.1) is 0 Å². The standard InChI is InChI=1S/C16H26N2O/c1-3-5-15(6-4-2)16(19)18-12-14-9-7-13(11-17)8-10-14/h7-10,15H,3-6,11-12,17H2,1-2H3,(H,18,19). The number of amides is 1. The van der Waals surface area contributed by atoms with Gasteiger partial charge in [0, 0.05) is 19.0 Å². The van der Waals surface area contributed by atoms with Crippen LogP contribution in [-0.4, -0.2) is 5.91 Å². The van der Waals surface area contributed by atoms with Gasteiger partial charge in [0.25, 0.3) is 0 Å². The normalized spacial score (nSPS) is 10.7. The molecular weight excluding hydrogens is 236 g/mol. The molecule has 0 aliphatic carbocycles. The molecule has 106 valence electrons. The summed E-state index contributed by atoms with van der Waals surface area (Å²) in [6.45, 7) is 5.41. The topological polar surface area (TPSA) is 55.1 Å². The maximum absolute atomic E-state index is 12.1. The Kier molecular flexibility index (Phi) is 7.19. The summed E-state index contributed by atoms with van der Waals surface area (Å²) >= 11 is 0. The van der Waals surface area contributed by atoms with Crippen molar-refractivity contribution >= 4 is 5.91 Å². The smallest absolute Gasteiger partial charge is 0.223 e. The second kappa shape index (κ2) is 8.70. The second-order valence-corrected chi connectivity index (χ2v) is 5.01. The summed E-state index contributed by atoms with van der Waals surface area (Å²) in [7, 11) is 0. The van der Waals surface area contributed by atoms with Crippen molar-refractivity contribution in [2.45, 2.75) is 52.6 Å². The predicted octanol–water partition coefficient (Wildman–Crippen LogP) is 2.98. The van der Waals surface area contributed by atoms with E-state index in [0.717, 1.165) is 36.8 Å². The first kappa shape index (κ1) is 15.7. The molecule has 0 radical (unpaired) electrons. The van der Waals surface area contributed by atoms with Crippen LogP contribution in [0.25, 0.3) is 0 Å². The van der Waals surface area contributed by atoms with Crippen molar-refractivity contribution in [3.05, 3.63) is 35.4 Å². The Morgan fingerprint density at radius 2 is 1.63 bits per heavy atom. The number of nitrogens with two attached hydrogens (primary N) is 1. The molecular formula is C16H26N2O. The van der Waals surface area contributed by atoms with Crippen molar-refractivity contribution in [3.8, 4) is 0 Å². The van der Waals surface area contributed by atoms with Crippen molar-refractivity contribution in [2.24, 2.45) is 11.7 Å². The summed E-state index contributed by atoms with van der Waals surface area (Å²) in [6.07, 6.45) is 4.07. The highest BCUT2D eigenvalue weighted by atomic mass is 16.1. The van der Waals surface area contributed by atoms with Gasteiger partial charge >= 0.3 is 0 Å². The Balaban J connectivity index is 2.46. The first-order valence-corrected chi connectivity index (χ1v) is 7.26. The summed E-state index contributed by atoms with van der Waals surface area (Å²) in [5.74, 6) is 0.352. The molecule has 0 aromatic heterocycles. The van der Waals surface area contributed by atoms with Crippen LogP contribution in [0.2, 0.25) is 0 Å². The van der Waals surface area contributed by atoms with Gasteiger partial charge < -0.3 is 11.1 Å². The van der Waals surface area contributed by atoms with Crippen molar-refractivity contribution in [3.63, 3.8) is 0 Å². The summed E-state index contributed by atoms with van der Waals surface area (Å²) in [5, 5.41) is 3.04. The number of benzene rings is 1.